The van der Waals surface area contributed by atoms with Crippen LogP contribution in [0.3, 0.4) is 0 Å². The number of hydrogen-bond donors (Lipinski definition) is 1. The predicted octanol–water partition coefficient (Wildman–Crippen LogP) is 5.43. The van der Waals surface area contributed by atoms with Gasteiger partial charge in [0, 0.05) is 18.1 Å². The molecule has 0 radical (unpaired) electrons. The molecule has 1 aromatic heterocycles. The van der Waals surface area contributed by atoms with E-state index in [9.17, 15) is 5.11 Å². The molecule has 5 nitrogen and oxygen atoms in total. The second-order valence-corrected chi connectivity index (χ2v) is 7.71. The molecule has 0 amide bonds. The van der Waals surface area contributed by atoms with Crippen molar-refractivity contribution >= 4 is 23.2 Å². The van der Waals surface area contributed by atoms with Crippen molar-refractivity contribution in [1.82, 2.24) is 4.90 Å². The maximum Gasteiger partial charge on any atom is 0.138 e. The van der Waals surface area contributed by atoms with Gasteiger partial charge in [-0.15, -0.1) is 0 Å². The van der Waals surface area contributed by atoms with Crippen LogP contribution in [-0.2, 0) is 13.1 Å². The van der Waals surface area contributed by atoms with Crippen molar-refractivity contribution in [2.24, 2.45) is 0 Å². The summed E-state index contributed by atoms with van der Waals surface area (Å²) in [5.74, 6) is 2.14. The number of benzene rings is 2. The highest BCUT2D eigenvalue weighted by atomic mass is 35.5. The fraction of sp³-hybridized carbons (Fsp3) is 0.304. The van der Waals surface area contributed by atoms with E-state index in [0.29, 0.717) is 42.0 Å². The number of rotatable bonds is 11. The van der Waals surface area contributed by atoms with E-state index in [1.54, 1.807) is 24.5 Å². The van der Waals surface area contributed by atoms with Gasteiger partial charge in [-0.25, -0.2) is 0 Å². The van der Waals surface area contributed by atoms with Gasteiger partial charge < -0.3 is 19.0 Å². The van der Waals surface area contributed by atoms with Gasteiger partial charge in [0.05, 0.1) is 24.4 Å². The molecule has 1 unspecified atom stereocenters. The molecule has 0 bridgehead atoms. The Morgan fingerprint density at radius 2 is 1.90 bits per heavy atom. The first-order valence-electron chi connectivity index (χ1n) is 9.76. The normalized spacial score (nSPS) is 12.2. The zero-order chi connectivity index (χ0) is 21.3. The Balaban J connectivity index is 1.63. The molecule has 0 aliphatic heterocycles. The van der Waals surface area contributed by atoms with Crippen molar-refractivity contribution in [1.29, 1.82) is 0 Å². The third-order valence-corrected chi connectivity index (χ3v) is 4.90. The summed E-state index contributed by atoms with van der Waals surface area (Å²) >= 11 is 12.0. The van der Waals surface area contributed by atoms with Crippen LogP contribution >= 0.6 is 23.2 Å². The number of furan rings is 1. The monoisotopic (exact) mass is 449 g/mol. The smallest absolute Gasteiger partial charge is 0.138 e. The molecule has 7 heteroatoms. The average molecular weight is 450 g/mol. The Morgan fingerprint density at radius 3 is 2.63 bits per heavy atom. The molecule has 2 aromatic carbocycles. The topological polar surface area (TPSA) is 55.1 Å². The molecular weight excluding hydrogens is 425 g/mol. The standard InChI is InChI=1S/C23H25Cl2NO4/c1-2-28-20-6-3-5-17(11-20)13-26(15-21-7-4-10-29-21)14-19(27)16-30-23-9-8-18(24)12-22(23)25/h3-12,19,27H,2,13-16H2,1H3. The van der Waals surface area contributed by atoms with Crippen LogP contribution in [0.1, 0.15) is 18.2 Å². The van der Waals surface area contributed by atoms with Crippen molar-refractivity contribution < 1.29 is 19.0 Å². The zero-order valence-electron chi connectivity index (χ0n) is 16.8. The second kappa shape index (κ2) is 11.3. The highest BCUT2D eigenvalue weighted by Gasteiger charge is 2.16. The number of aliphatic hydroxyl groups is 1. The lowest BCUT2D eigenvalue weighted by atomic mass is 10.2. The fourth-order valence-electron chi connectivity index (χ4n) is 3.10. The molecule has 1 N–H and O–H groups in total. The van der Waals surface area contributed by atoms with Crippen molar-refractivity contribution in [2.45, 2.75) is 26.1 Å². The molecule has 160 valence electrons. The summed E-state index contributed by atoms with van der Waals surface area (Å²) in [4.78, 5) is 2.10. The molecule has 1 atom stereocenters. The molecule has 0 aliphatic carbocycles. The second-order valence-electron chi connectivity index (χ2n) is 6.87. The van der Waals surface area contributed by atoms with Gasteiger partial charge in [0.2, 0.25) is 0 Å². The van der Waals surface area contributed by atoms with Crippen LogP contribution in [0.15, 0.2) is 65.3 Å². The summed E-state index contributed by atoms with van der Waals surface area (Å²) in [7, 11) is 0. The maximum atomic E-state index is 10.6. The quantitative estimate of drug-likeness (QED) is 0.423. The van der Waals surface area contributed by atoms with Crippen molar-refractivity contribution in [2.75, 3.05) is 19.8 Å². The molecule has 0 saturated carbocycles. The van der Waals surface area contributed by atoms with Crippen LogP contribution in [0.25, 0.3) is 0 Å². The van der Waals surface area contributed by atoms with E-state index < -0.39 is 6.10 Å². The van der Waals surface area contributed by atoms with E-state index >= 15 is 0 Å². The lowest BCUT2D eigenvalue weighted by molar-refractivity contribution is 0.0605. The minimum Gasteiger partial charge on any atom is -0.494 e. The van der Waals surface area contributed by atoms with E-state index in [2.05, 4.69) is 4.90 Å². The lowest BCUT2D eigenvalue weighted by Gasteiger charge is -2.25. The molecule has 1 heterocycles. The van der Waals surface area contributed by atoms with Crippen molar-refractivity contribution in [3.63, 3.8) is 0 Å². The Kier molecular flexibility index (Phi) is 8.46. The van der Waals surface area contributed by atoms with Crippen molar-refractivity contribution in [3.05, 3.63) is 82.2 Å². The largest absolute Gasteiger partial charge is 0.494 e. The summed E-state index contributed by atoms with van der Waals surface area (Å²) in [5, 5.41) is 11.5. The maximum absolute atomic E-state index is 10.6. The van der Waals surface area contributed by atoms with Crippen LogP contribution in [0, 0.1) is 0 Å². The van der Waals surface area contributed by atoms with Gasteiger partial charge >= 0.3 is 0 Å². The minimum absolute atomic E-state index is 0.106. The van der Waals surface area contributed by atoms with Gasteiger partial charge in [0.15, 0.2) is 0 Å². The lowest BCUT2D eigenvalue weighted by Crippen LogP contribution is -2.35. The SMILES string of the molecule is CCOc1cccc(CN(Cc2ccco2)CC(O)COc2ccc(Cl)cc2Cl)c1. The van der Waals surface area contributed by atoms with E-state index in [1.165, 1.54) is 0 Å². The van der Waals surface area contributed by atoms with E-state index in [-0.39, 0.29) is 6.61 Å². The molecule has 0 fully saturated rings. The molecule has 3 aromatic rings. The Morgan fingerprint density at radius 1 is 1.03 bits per heavy atom. The number of hydrogen-bond acceptors (Lipinski definition) is 5. The first kappa shape index (κ1) is 22.5. The Hall–Kier alpha value is -2.18. The summed E-state index contributed by atoms with van der Waals surface area (Å²) < 4.78 is 16.8. The van der Waals surface area contributed by atoms with Gasteiger partial charge in [0.1, 0.15) is 30.0 Å². The third kappa shape index (κ3) is 6.96. The summed E-state index contributed by atoms with van der Waals surface area (Å²) in [5.41, 5.74) is 1.08. The fourth-order valence-corrected chi connectivity index (χ4v) is 3.56. The van der Waals surface area contributed by atoms with E-state index in [4.69, 9.17) is 37.1 Å². The van der Waals surface area contributed by atoms with E-state index in [1.807, 2.05) is 43.3 Å². The Bertz CT molecular complexity index is 917. The van der Waals surface area contributed by atoms with Crippen LogP contribution in [0.2, 0.25) is 10.0 Å². The number of nitrogens with zero attached hydrogens (tertiary/aromatic N) is 1. The molecular formula is C23H25Cl2NO4. The van der Waals surface area contributed by atoms with Crippen molar-refractivity contribution in [3.8, 4) is 11.5 Å². The first-order chi connectivity index (χ1) is 14.5. The molecule has 3 rings (SSSR count). The third-order valence-electron chi connectivity index (χ3n) is 4.37. The minimum atomic E-state index is -0.721. The molecule has 0 spiro atoms. The zero-order valence-corrected chi connectivity index (χ0v) is 18.3. The average Bonchev–Trinajstić information content (AvgIpc) is 3.21. The molecule has 0 aliphatic rings. The van der Waals surface area contributed by atoms with Gasteiger partial charge in [-0.3, -0.25) is 4.90 Å². The summed E-state index contributed by atoms with van der Waals surface area (Å²) in [6, 6.07) is 16.7. The Labute approximate surface area is 186 Å². The molecule has 0 saturated heterocycles. The first-order valence-corrected chi connectivity index (χ1v) is 10.5. The highest BCUT2D eigenvalue weighted by Crippen LogP contribution is 2.27. The predicted molar refractivity (Wildman–Crippen MR) is 118 cm³/mol. The van der Waals surface area contributed by atoms with Gasteiger partial charge in [-0.2, -0.15) is 0 Å². The van der Waals surface area contributed by atoms with Crippen LogP contribution in [-0.4, -0.2) is 35.9 Å². The summed E-state index contributed by atoms with van der Waals surface area (Å²) in [6.45, 7) is 4.26. The highest BCUT2D eigenvalue weighted by molar-refractivity contribution is 6.35. The van der Waals surface area contributed by atoms with Crippen LogP contribution < -0.4 is 9.47 Å². The summed E-state index contributed by atoms with van der Waals surface area (Å²) in [6.07, 6.45) is 0.924. The van der Waals surface area contributed by atoms with Crippen LogP contribution in [0.5, 0.6) is 11.5 Å². The van der Waals surface area contributed by atoms with Gasteiger partial charge in [-0.05, 0) is 55.0 Å². The van der Waals surface area contributed by atoms with E-state index in [0.717, 1.165) is 17.1 Å². The molecule has 30 heavy (non-hydrogen) atoms. The van der Waals surface area contributed by atoms with Gasteiger partial charge in [-0.1, -0.05) is 35.3 Å². The van der Waals surface area contributed by atoms with Crippen LogP contribution in [0.4, 0.5) is 0 Å². The number of aliphatic hydroxyl groups excluding tert-OH is 1. The van der Waals surface area contributed by atoms with Gasteiger partial charge in [0.25, 0.3) is 0 Å². The number of ether oxygens (including phenoxy) is 2. The number of halogens is 2.